The van der Waals surface area contributed by atoms with Gasteiger partial charge in [0.15, 0.2) is 12.4 Å². The molecule has 0 aromatic heterocycles. The molecule has 3 aromatic carbocycles. The van der Waals surface area contributed by atoms with E-state index in [1.807, 2.05) is 48.5 Å². The van der Waals surface area contributed by atoms with E-state index in [0.717, 1.165) is 11.1 Å². The average Bonchev–Trinajstić information content (AvgIpc) is 2.78. The fraction of sp³-hybridized carbons (Fsp3) is 0.125. The molecule has 2 amide bonds. The minimum Gasteiger partial charge on any atom is -0.456 e. The summed E-state index contributed by atoms with van der Waals surface area (Å²) < 4.78 is 5.06. The van der Waals surface area contributed by atoms with Crippen LogP contribution in [0.5, 0.6) is 0 Å². The molecule has 0 radical (unpaired) electrons. The van der Waals surface area contributed by atoms with Crippen LogP contribution < -0.4 is 10.6 Å². The Morgan fingerprint density at radius 1 is 0.800 bits per heavy atom. The zero-order valence-electron chi connectivity index (χ0n) is 16.5. The van der Waals surface area contributed by atoms with E-state index in [1.54, 1.807) is 36.4 Å². The highest BCUT2D eigenvalue weighted by Crippen LogP contribution is 2.19. The van der Waals surface area contributed by atoms with Gasteiger partial charge in [0, 0.05) is 11.3 Å². The summed E-state index contributed by atoms with van der Waals surface area (Å²) in [5.74, 6) is -1.00. The Kier molecular flexibility index (Phi) is 6.95. The number of benzene rings is 3. The molecule has 3 rings (SSSR count). The van der Waals surface area contributed by atoms with Crippen molar-refractivity contribution in [2.75, 3.05) is 11.9 Å². The van der Waals surface area contributed by atoms with Gasteiger partial charge in [0.2, 0.25) is 0 Å². The van der Waals surface area contributed by atoms with Crippen LogP contribution in [-0.4, -0.2) is 30.4 Å². The van der Waals surface area contributed by atoms with Gasteiger partial charge in [0.05, 0.1) is 0 Å². The van der Waals surface area contributed by atoms with Crippen LogP contribution in [0.2, 0.25) is 0 Å². The van der Waals surface area contributed by atoms with E-state index in [-0.39, 0.29) is 5.78 Å². The number of rotatable bonds is 7. The van der Waals surface area contributed by atoms with Gasteiger partial charge in [0.1, 0.15) is 6.04 Å². The van der Waals surface area contributed by atoms with Gasteiger partial charge < -0.3 is 15.4 Å². The third-order valence-corrected chi connectivity index (χ3v) is 4.39. The number of amides is 2. The quantitative estimate of drug-likeness (QED) is 0.456. The summed E-state index contributed by atoms with van der Waals surface area (Å²) in [5, 5.41) is 5.09. The molecule has 0 aliphatic rings. The molecule has 0 fully saturated rings. The van der Waals surface area contributed by atoms with Crippen LogP contribution in [0, 0.1) is 0 Å². The fourth-order valence-corrected chi connectivity index (χ4v) is 2.77. The highest BCUT2D eigenvalue weighted by Gasteiger charge is 2.19. The van der Waals surface area contributed by atoms with Gasteiger partial charge in [-0.15, -0.1) is 0 Å². The van der Waals surface area contributed by atoms with Gasteiger partial charge in [-0.25, -0.2) is 9.59 Å². The van der Waals surface area contributed by atoms with E-state index in [1.165, 1.54) is 6.92 Å². The maximum Gasteiger partial charge on any atom is 0.328 e. The van der Waals surface area contributed by atoms with Crippen LogP contribution in [0.25, 0.3) is 11.1 Å². The topological polar surface area (TPSA) is 84.5 Å². The summed E-state index contributed by atoms with van der Waals surface area (Å²) in [6.07, 6.45) is 0. The molecule has 6 heteroatoms. The number of nitrogens with one attached hydrogen (secondary N) is 2. The molecule has 2 N–H and O–H groups in total. The molecule has 0 saturated heterocycles. The first-order valence-electron chi connectivity index (χ1n) is 9.51. The molecule has 0 bridgehead atoms. The Balaban J connectivity index is 1.47. The van der Waals surface area contributed by atoms with Gasteiger partial charge in [-0.05, 0) is 30.2 Å². The van der Waals surface area contributed by atoms with E-state index in [2.05, 4.69) is 10.6 Å². The Hall–Kier alpha value is -3.93. The normalized spacial score (nSPS) is 11.2. The zero-order chi connectivity index (χ0) is 21.3. The van der Waals surface area contributed by atoms with Crippen molar-refractivity contribution < 1.29 is 19.1 Å². The number of carbonyl (C=O) groups is 3. The maximum atomic E-state index is 12.3. The lowest BCUT2D eigenvalue weighted by atomic mass is 10.0. The number of anilines is 1. The molecule has 0 spiro atoms. The Labute approximate surface area is 174 Å². The molecule has 152 valence electrons. The number of carbonyl (C=O) groups excluding carboxylic acids is 3. The SMILES string of the molecule is C[C@H](NC(=O)Nc1ccccc1)C(=O)OCC(=O)c1ccc(-c2ccccc2)cc1. The largest absolute Gasteiger partial charge is 0.456 e. The monoisotopic (exact) mass is 402 g/mol. The number of para-hydroxylation sites is 1. The van der Waals surface area contributed by atoms with Crippen molar-refractivity contribution in [1.82, 2.24) is 5.32 Å². The molecule has 0 unspecified atom stereocenters. The zero-order valence-corrected chi connectivity index (χ0v) is 16.5. The number of hydrogen-bond donors (Lipinski definition) is 2. The first-order chi connectivity index (χ1) is 14.5. The van der Waals surface area contributed by atoms with Crippen molar-refractivity contribution in [3.8, 4) is 11.1 Å². The van der Waals surface area contributed by atoms with E-state index < -0.39 is 24.6 Å². The van der Waals surface area contributed by atoms with Gasteiger partial charge in [-0.3, -0.25) is 4.79 Å². The molecule has 1 atom stereocenters. The number of ketones is 1. The number of hydrogen-bond acceptors (Lipinski definition) is 4. The van der Waals surface area contributed by atoms with E-state index in [0.29, 0.717) is 11.3 Å². The summed E-state index contributed by atoms with van der Waals surface area (Å²) in [5.41, 5.74) is 3.10. The number of esters is 1. The van der Waals surface area contributed by atoms with Gasteiger partial charge in [0.25, 0.3) is 0 Å². The lowest BCUT2D eigenvalue weighted by Gasteiger charge is -2.14. The second-order valence-corrected chi connectivity index (χ2v) is 6.66. The van der Waals surface area contributed by atoms with Crippen molar-refractivity contribution >= 4 is 23.5 Å². The van der Waals surface area contributed by atoms with E-state index >= 15 is 0 Å². The van der Waals surface area contributed by atoms with E-state index in [9.17, 15) is 14.4 Å². The van der Waals surface area contributed by atoms with Gasteiger partial charge in [-0.2, -0.15) is 0 Å². The van der Waals surface area contributed by atoms with Crippen molar-refractivity contribution in [2.24, 2.45) is 0 Å². The van der Waals surface area contributed by atoms with E-state index in [4.69, 9.17) is 4.74 Å². The maximum absolute atomic E-state index is 12.3. The molecular formula is C24H22N2O4. The fourth-order valence-electron chi connectivity index (χ4n) is 2.77. The van der Waals surface area contributed by atoms with Crippen LogP contribution in [0.1, 0.15) is 17.3 Å². The number of urea groups is 1. The van der Waals surface area contributed by atoms with Crippen molar-refractivity contribution in [2.45, 2.75) is 13.0 Å². The predicted molar refractivity (Wildman–Crippen MR) is 115 cm³/mol. The predicted octanol–water partition coefficient (Wildman–Crippen LogP) is 4.29. The molecule has 0 aliphatic carbocycles. The minimum absolute atomic E-state index is 0.316. The highest BCUT2D eigenvalue weighted by atomic mass is 16.5. The summed E-state index contributed by atoms with van der Waals surface area (Å²) in [7, 11) is 0. The third-order valence-electron chi connectivity index (χ3n) is 4.39. The van der Waals surface area contributed by atoms with Crippen LogP contribution in [0.4, 0.5) is 10.5 Å². The van der Waals surface area contributed by atoms with Crippen LogP contribution in [-0.2, 0) is 9.53 Å². The third kappa shape index (κ3) is 5.78. The van der Waals surface area contributed by atoms with Crippen molar-refractivity contribution in [1.29, 1.82) is 0 Å². The van der Waals surface area contributed by atoms with Crippen LogP contribution >= 0.6 is 0 Å². The molecule has 0 aliphatic heterocycles. The minimum atomic E-state index is -0.901. The standard InChI is InChI=1S/C24H22N2O4/c1-17(25-24(29)26-21-10-6-3-7-11-21)23(28)30-16-22(27)20-14-12-19(13-15-20)18-8-4-2-5-9-18/h2-15,17H,16H2,1H3,(H2,25,26,29)/t17-/m0/s1. The lowest BCUT2D eigenvalue weighted by molar-refractivity contribution is -0.144. The first-order valence-corrected chi connectivity index (χ1v) is 9.51. The first kappa shape index (κ1) is 20.8. The molecule has 30 heavy (non-hydrogen) atoms. The summed E-state index contributed by atoms with van der Waals surface area (Å²) in [6.45, 7) is 1.10. The molecule has 3 aromatic rings. The number of Topliss-reactive ketones (excluding diaryl/α,β-unsaturated/α-hetero) is 1. The Morgan fingerprint density at radius 2 is 1.37 bits per heavy atom. The highest BCUT2D eigenvalue weighted by molar-refractivity contribution is 5.99. The lowest BCUT2D eigenvalue weighted by Crippen LogP contribution is -2.42. The average molecular weight is 402 g/mol. The molecular weight excluding hydrogens is 380 g/mol. The smallest absolute Gasteiger partial charge is 0.328 e. The Morgan fingerprint density at radius 3 is 2.00 bits per heavy atom. The second kappa shape index (κ2) is 10.0. The Bertz CT molecular complexity index is 1000. The molecule has 6 nitrogen and oxygen atoms in total. The van der Waals surface area contributed by atoms with Crippen LogP contribution in [0.3, 0.4) is 0 Å². The summed E-state index contributed by atoms with van der Waals surface area (Å²) >= 11 is 0. The van der Waals surface area contributed by atoms with Gasteiger partial charge in [-0.1, -0.05) is 72.8 Å². The van der Waals surface area contributed by atoms with Crippen molar-refractivity contribution in [3.63, 3.8) is 0 Å². The molecule has 0 heterocycles. The molecule has 0 saturated carbocycles. The van der Waals surface area contributed by atoms with Crippen LogP contribution in [0.15, 0.2) is 84.9 Å². The summed E-state index contributed by atoms with van der Waals surface area (Å²) in [6, 6.07) is 24.3. The number of ether oxygens (including phenoxy) is 1. The van der Waals surface area contributed by atoms with Gasteiger partial charge >= 0.3 is 12.0 Å². The second-order valence-electron chi connectivity index (χ2n) is 6.66. The summed E-state index contributed by atoms with van der Waals surface area (Å²) in [4.78, 5) is 36.3. The van der Waals surface area contributed by atoms with Crippen molar-refractivity contribution in [3.05, 3.63) is 90.5 Å².